The first-order chi connectivity index (χ1) is 10.3. The van der Waals surface area contributed by atoms with Crippen LogP contribution in [0.4, 0.5) is 13.2 Å². The highest BCUT2D eigenvalue weighted by Gasteiger charge is 2.44. The van der Waals surface area contributed by atoms with Gasteiger partial charge in [0.2, 0.25) is 5.91 Å². The molecule has 2 bridgehead atoms. The Morgan fingerprint density at radius 3 is 2.41 bits per heavy atom. The maximum absolute atomic E-state index is 12.3. The third kappa shape index (κ3) is 3.24. The number of fused-ring (bicyclic) bond motifs is 2. The summed E-state index contributed by atoms with van der Waals surface area (Å²) < 4.78 is 38.7. The van der Waals surface area contributed by atoms with E-state index in [9.17, 15) is 18.0 Å². The molecule has 2 aliphatic rings. The number of piperidine rings is 1. The van der Waals surface area contributed by atoms with Crippen LogP contribution in [0, 0.1) is 0 Å². The smallest absolute Gasteiger partial charge is 0.337 e. The molecule has 22 heavy (non-hydrogen) atoms. The number of alkyl halides is 3. The third-order valence-electron chi connectivity index (χ3n) is 4.56. The van der Waals surface area contributed by atoms with Crippen molar-refractivity contribution in [1.82, 2.24) is 14.7 Å². The van der Waals surface area contributed by atoms with Crippen molar-refractivity contribution in [3.63, 3.8) is 0 Å². The van der Waals surface area contributed by atoms with Crippen LogP contribution in [0.3, 0.4) is 0 Å². The van der Waals surface area contributed by atoms with Gasteiger partial charge in [0.05, 0.1) is 23.7 Å². The Bertz CT molecular complexity index is 546. The third-order valence-corrected chi connectivity index (χ3v) is 4.76. The van der Waals surface area contributed by atoms with Gasteiger partial charge in [-0.2, -0.15) is 18.3 Å². The van der Waals surface area contributed by atoms with Gasteiger partial charge in [0.1, 0.15) is 0 Å². The van der Waals surface area contributed by atoms with Gasteiger partial charge in [0.15, 0.2) is 0 Å². The van der Waals surface area contributed by atoms with Gasteiger partial charge < -0.3 is 4.90 Å². The van der Waals surface area contributed by atoms with E-state index in [1.165, 1.54) is 0 Å². The largest absolute Gasteiger partial charge is 0.389 e. The molecule has 8 heteroatoms. The predicted molar refractivity (Wildman–Crippen MR) is 74.5 cm³/mol. The van der Waals surface area contributed by atoms with Gasteiger partial charge in [-0.1, -0.05) is 11.6 Å². The molecule has 1 aromatic heterocycles. The maximum Gasteiger partial charge on any atom is 0.389 e. The molecule has 3 heterocycles. The summed E-state index contributed by atoms with van der Waals surface area (Å²) in [5.41, 5.74) is 0. The second kappa shape index (κ2) is 5.76. The lowest BCUT2D eigenvalue weighted by Crippen LogP contribution is -2.47. The zero-order valence-corrected chi connectivity index (χ0v) is 12.6. The molecule has 0 aromatic carbocycles. The number of rotatable bonds is 3. The number of nitrogens with zero attached hydrogens (tertiary/aromatic N) is 3. The molecule has 2 fully saturated rings. The quantitative estimate of drug-likeness (QED) is 0.847. The monoisotopic (exact) mass is 335 g/mol. The van der Waals surface area contributed by atoms with Crippen LogP contribution >= 0.6 is 11.6 Å². The van der Waals surface area contributed by atoms with E-state index in [-0.39, 0.29) is 24.0 Å². The first kappa shape index (κ1) is 15.6. The number of hydrogen-bond donors (Lipinski definition) is 0. The summed E-state index contributed by atoms with van der Waals surface area (Å²) in [5.74, 6) is -0.373. The number of carbonyl (C=O) groups is 1. The molecule has 1 aromatic rings. The fourth-order valence-corrected chi connectivity index (χ4v) is 3.81. The zero-order valence-electron chi connectivity index (χ0n) is 11.9. The van der Waals surface area contributed by atoms with Crippen molar-refractivity contribution in [1.29, 1.82) is 0 Å². The number of halogens is 4. The fourth-order valence-electron chi connectivity index (χ4n) is 3.66. The molecule has 1 amide bonds. The molecule has 0 spiro atoms. The van der Waals surface area contributed by atoms with Crippen LogP contribution in [-0.4, -0.2) is 38.8 Å². The molecule has 2 atom stereocenters. The van der Waals surface area contributed by atoms with Crippen molar-refractivity contribution in [2.24, 2.45) is 0 Å². The van der Waals surface area contributed by atoms with Crippen molar-refractivity contribution < 1.29 is 18.0 Å². The Labute approximate surface area is 131 Å². The van der Waals surface area contributed by atoms with Crippen LogP contribution in [-0.2, 0) is 4.79 Å². The summed E-state index contributed by atoms with van der Waals surface area (Å²) in [5, 5.41) is 4.77. The average molecular weight is 336 g/mol. The average Bonchev–Trinajstić information content (AvgIpc) is 2.97. The summed E-state index contributed by atoms with van der Waals surface area (Å²) in [6, 6.07) is 0.205. The summed E-state index contributed by atoms with van der Waals surface area (Å²) >= 11 is 5.88. The predicted octanol–water partition coefficient (Wildman–Crippen LogP) is 3.57. The normalized spacial score (nSPS) is 28.2. The van der Waals surface area contributed by atoms with Gasteiger partial charge in [0, 0.05) is 24.7 Å². The van der Waals surface area contributed by atoms with Crippen LogP contribution < -0.4 is 0 Å². The van der Waals surface area contributed by atoms with E-state index >= 15 is 0 Å². The maximum atomic E-state index is 12.3. The van der Waals surface area contributed by atoms with E-state index in [2.05, 4.69) is 5.10 Å². The fraction of sp³-hybridized carbons (Fsp3) is 0.714. The van der Waals surface area contributed by atoms with Crippen LogP contribution in [0.5, 0.6) is 0 Å². The Morgan fingerprint density at radius 1 is 1.27 bits per heavy atom. The van der Waals surface area contributed by atoms with Crippen molar-refractivity contribution in [2.75, 3.05) is 0 Å². The summed E-state index contributed by atoms with van der Waals surface area (Å²) in [6.07, 6.45) is 0.727. The summed E-state index contributed by atoms with van der Waals surface area (Å²) in [6.45, 7) is 0. The molecule has 0 radical (unpaired) electrons. The van der Waals surface area contributed by atoms with E-state index in [1.54, 1.807) is 17.3 Å². The Kier molecular flexibility index (Phi) is 4.09. The summed E-state index contributed by atoms with van der Waals surface area (Å²) in [7, 11) is 0. The molecule has 122 valence electrons. The molecule has 2 unspecified atom stereocenters. The lowest BCUT2D eigenvalue weighted by Gasteiger charge is -2.39. The van der Waals surface area contributed by atoms with E-state index in [0.29, 0.717) is 5.02 Å². The van der Waals surface area contributed by atoms with E-state index in [4.69, 9.17) is 11.6 Å². The van der Waals surface area contributed by atoms with E-state index in [1.807, 2.05) is 4.68 Å². The zero-order chi connectivity index (χ0) is 15.9. The minimum absolute atomic E-state index is 0.0208. The minimum atomic E-state index is -4.28. The van der Waals surface area contributed by atoms with Crippen LogP contribution in [0.2, 0.25) is 5.02 Å². The number of hydrogen-bond acceptors (Lipinski definition) is 2. The van der Waals surface area contributed by atoms with Crippen molar-refractivity contribution >= 4 is 17.5 Å². The van der Waals surface area contributed by atoms with Gasteiger partial charge >= 0.3 is 6.18 Å². The van der Waals surface area contributed by atoms with Gasteiger partial charge in [-0.25, -0.2) is 0 Å². The second-order valence-corrected chi connectivity index (χ2v) is 6.50. The first-order valence-corrected chi connectivity index (χ1v) is 7.79. The van der Waals surface area contributed by atoms with Crippen LogP contribution in [0.15, 0.2) is 12.4 Å². The molecule has 0 aliphatic carbocycles. The lowest BCUT2D eigenvalue weighted by molar-refractivity contribution is -0.152. The standard InChI is InChI=1S/C14H17ClF3N3O/c15-9-7-19-20(8-9)12-5-10-1-2-11(6-12)21(10)13(22)3-4-14(16,17)18/h7-8,10-12H,1-6H2. The topological polar surface area (TPSA) is 38.1 Å². The highest BCUT2D eigenvalue weighted by molar-refractivity contribution is 6.30. The van der Waals surface area contributed by atoms with Gasteiger partial charge in [0.25, 0.3) is 0 Å². The molecule has 2 aliphatic heterocycles. The van der Waals surface area contributed by atoms with E-state index < -0.39 is 19.0 Å². The molecule has 4 nitrogen and oxygen atoms in total. The van der Waals surface area contributed by atoms with Crippen LogP contribution in [0.25, 0.3) is 0 Å². The first-order valence-electron chi connectivity index (χ1n) is 7.41. The molecule has 0 N–H and O–H groups in total. The SMILES string of the molecule is O=C(CCC(F)(F)F)N1C2CCC1CC(n1cc(Cl)cn1)C2. The van der Waals surface area contributed by atoms with Crippen LogP contribution in [0.1, 0.15) is 44.6 Å². The van der Waals surface area contributed by atoms with Crippen molar-refractivity contribution in [3.8, 4) is 0 Å². The van der Waals surface area contributed by atoms with Crippen molar-refractivity contribution in [2.45, 2.75) is 62.8 Å². The van der Waals surface area contributed by atoms with Gasteiger partial charge in [-0.3, -0.25) is 9.48 Å². The van der Waals surface area contributed by atoms with Gasteiger partial charge in [-0.15, -0.1) is 0 Å². The lowest BCUT2D eigenvalue weighted by atomic mass is 9.97. The Balaban J connectivity index is 1.64. The number of amides is 1. The second-order valence-electron chi connectivity index (χ2n) is 6.06. The molecule has 3 rings (SSSR count). The van der Waals surface area contributed by atoms with Gasteiger partial charge in [-0.05, 0) is 25.7 Å². The Hall–Kier alpha value is -1.24. The highest BCUT2D eigenvalue weighted by Crippen LogP contribution is 2.41. The molecule has 0 saturated carbocycles. The highest BCUT2D eigenvalue weighted by atomic mass is 35.5. The minimum Gasteiger partial charge on any atom is -0.337 e. The van der Waals surface area contributed by atoms with E-state index in [0.717, 1.165) is 25.7 Å². The molecule has 2 saturated heterocycles. The molecular formula is C14H17ClF3N3O. The number of carbonyl (C=O) groups excluding carboxylic acids is 1. The number of aromatic nitrogens is 2. The molecular weight excluding hydrogens is 319 g/mol. The summed E-state index contributed by atoms with van der Waals surface area (Å²) in [4.78, 5) is 13.8. The van der Waals surface area contributed by atoms with Crippen molar-refractivity contribution in [3.05, 3.63) is 17.4 Å². The Morgan fingerprint density at radius 2 is 1.91 bits per heavy atom.